The van der Waals surface area contributed by atoms with Crippen molar-refractivity contribution in [2.24, 2.45) is 0 Å². The molecule has 0 fully saturated rings. The zero-order chi connectivity index (χ0) is 20.4. The Balaban J connectivity index is 1.73. The lowest BCUT2D eigenvalue weighted by Gasteiger charge is -2.10. The van der Waals surface area contributed by atoms with Crippen molar-refractivity contribution in [3.8, 4) is 17.2 Å². The molecule has 2 aromatic rings. The van der Waals surface area contributed by atoms with E-state index in [4.69, 9.17) is 14.2 Å². The predicted octanol–water partition coefficient (Wildman–Crippen LogP) is 1.73. The van der Waals surface area contributed by atoms with Crippen LogP contribution in [0, 0.1) is 0 Å². The van der Waals surface area contributed by atoms with E-state index in [0.29, 0.717) is 37.4 Å². The maximum Gasteiger partial charge on any atom is 0.309 e. The molecule has 0 aliphatic carbocycles. The van der Waals surface area contributed by atoms with Gasteiger partial charge < -0.3 is 24.8 Å². The highest BCUT2D eigenvalue weighted by atomic mass is 16.5. The summed E-state index contributed by atoms with van der Waals surface area (Å²) < 4.78 is 15.6. The third-order valence-corrected chi connectivity index (χ3v) is 4.19. The van der Waals surface area contributed by atoms with E-state index in [0.717, 1.165) is 16.9 Å². The molecule has 0 heterocycles. The van der Waals surface area contributed by atoms with E-state index >= 15 is 0 Å². The second-order valence-corrected chi connectivity index (χ2v) is 6.05. The fourth-order valence-corrected chi connectivity index (χ4v) is 2.67. The van der Waals surface area contributed by atoms with Gasteiger partial charge in [-0.2, -0.15) is 0 Å². The van der Waals surface area contributed by atoms with Crippen molar-refractivity contribution in [3.05, 3.63) is 53.6 Å². The van der Waals surface area contributed by atoms with E-state index in [1.165, 1.54) is 0 Å². The molecule has 0 aromatic heterocycles. The number of hydrogen-bond acceptors (Lipinski definition) is 5. The molecular weight excluding hydrogens is 360 g/mol. The molecule has 0 spiro atoms. The first-order valence-corrected chi connectivity index (χ1v) is 8.97. The molecule has 0 aliphatic rings. The van der Waals surface area contributed by atoms with Crippen LogP contribution in [0.3, 0.4) is 0 Å². The van der Waals surface area contributed by atoms with E-state index in [1.807, 2.05) is 36.4 Å². The predicted molar refractivity (Wildman–Crippen MR) is 106 cm³/mol. The van der Waals surface area contributed by atoms with Crippen molar-refractivity contribution < 1.29 is 23.8 Å². The molecule has 2 amide bonds. The van der Waals surface area contributed by atoms with Gasteiger partial charge in [0.1, 0.15) is 5.75 Å². The van der Waals surface area contributed by atoms with E-state index in [1.54, 1.807) is 27.4 Å². The van der Waals surface area contributed by atoms with Crippen LogP contribution < -0.4 is 24.8 Å². The highest BCUT2D eigenvalue weighted by molar-refractivity contribution is 6.35. The van der Waals surface area contributed by atoms with Crippen LogP contribution in [0.2, 0.25) is 0 Å². The van der Waals surface area contributed by atoms with Gasteiger partial charge in [0.2, 0.25) is 0 Å². The summed E-state index contributed by atoms with van der Waals surface area (Å²) in [7, 11) is 4.75. The number of ether oxygens (including phenoxy) is 3. The summed E-state index contributed by atoms with van der Waals surface area (Å²) in [5.41, 5.74) is 1.99. The normalized spacial score (nSPS) is 10.1. The van der Waals surface area contributed by atoms with Crippen molar-refractivity contribution in [3.63, 3.8) is 0 Å². The van der Waals surface area contributed by atoms with Gasteiger partial charge in [0.15, 0.2) is 11.5 Å². The monoisotopic (exact) mass is 386 g/mol. The van der Waals surface area contributed by atoms with Crippen molar-refractivity contribution in [1.82, 2.24) is 10.6 Å². The molecule has 2 rings (SSSR count). The van der Waals surface area contributed by atoms with E-state index in [9.17, 15) is 9.59 Å². The lowest BCUT2D eigenvalue weighted by Crippen LogP contribution is -2.41. The Morgan fingerprint density at radius 1 is 0.750 bits per heavy atom. The lowest BCUT2D eigenvalue weighted by molar-refractivity contribution is -0.139. The van der Waals surface area contributed by atoms with Gasteiger partial charge in [-0.05, 0) is 48.2 Å². The quantitative estimate of drug-likeness (QED) is 0.641. The third-order valence-electron chi connectivity index (χ3n) is 4.19. The molecule has 2 aromatic carbocycles. The highest BCUT2D eigenvalue weighted by Crippen LogP contribution is 2.27. The summed E-state index contributed by atoms with van der Waals surface area (Å²) in [6, 6.07) is 13.1. The summed E-state index contributed by atoms with van der Waals surface area (Å²) >= 11 is 0. The zero-order valence-corrected chi connectivity index (χ0v) is 16.4. The maximum atomic E-state index is 11.9. The third kappa shape index (κ3) is 6.19. The number of nitrogens with one attached hydrogen (secondary N) is 2. The Bertz CT molecular complexity index is 807. The number of rotatable bonds is 9. The van der Waals surface area contributed by atoms with Gasteiger partial charge in [-0.15, -0.1) is 0 Å². The number of amides is 2. The standard InChI is InChI=1S/C21H26N2O5/c1-26-17-6-4-5-15(13-17)9-11-22-20(24)21(25)23-12-10-16-7-8-18(27-2)19(14-16)28-3/h4-8,13-14H,9-12H2,1-3H3,(H,22,24)(H,23,25). The lowest BCUT2D eigenvalue weighted by atomic mass is 10.1. The molecule has 7 nitrogen and oxygen atoms in total. The number of carbonyl (C=O) groups excluding carboxylic acids is 2. The summed E-state index contributed by atoms with van der Waals surface area (Å²) in [5, 5.41) is 5.24. The van der Waals surface area contributed by atoms with Crippen LogP contribution in [0.5, 0.6) is 17.2 Å². The fraction of sp³-hybridized carbons (Fsp3) is 0.333. The minimum Gasteiger partial charge on any atom is -0.497 e. The molecule has 0 saturated carbocycles. The first-order chi connectivity index (χ1) is 13.6. The molecule has 0 atom stereocenters. The highest BCUT2D eigenvalue weighted by Gasteiger charge is 2.12. The molecule has 0 bridgehead atoms. The second kappa shape index (κ2) is 10.8. The zero-order valence-electron chi connectivity index (χ0n) is 16.4. The van der Waals surface area contributed by atoms with Crippen molar-refractivity contribution in [1.29, 1.82) is 0 Å². The van der Waals surface area contributed by atoms with Crippen molar-refractivity contribution >= 4 is 11.8 Å². The van der Waals surface area contributed by atoms with Crippen LogP contribution in [0.1, 0.15) is 11.1 Å². The number of methoxy groups -OCH3 is 3. The van der Waals surface area contributed by atoms with E-state index in [-0.39, 0.29) is 0 Å². The molecule has 0 unspecified atom stereocenters. The van der Waals surface area contributed by atoms with Gasteiger partial charge in [0.25, 0.3) is 0 Å². The van der Waals surface area contributed by atoms with Gasteiger partial charge in [-0.1, -0.05) is 18.2 Å². The molecule has 28 heavy (non-hydrogen) atoms. The van der Waals surface area contributed by atoms with Gasteiger partial charge in [-0.25, -0.2) is 0 Å². The van der Waals surface area contributed by atoms with Crippen LogP contribution in [0.15, 0.2) is 42.5 Å². The molecule has 0 aliphatic heterocycles. The smallest absolute Gasteiger partial charge is 0.309 e. The van der Waals surface area contributed by atoms with E-state index in [2.05, 4.69) is 10.6 Å². The van der Waals surface area contributed by atoms with E-state index < -0.39 is 11.8 Å². The van der Waals surface area contributed by atoms with Crippen molar-refractivity contribution in [2.75, 3.05) is 34.4 Å². The SMILES string of the molecule is COc1cccc(CCNC(=O)C(=O)NCCc2ccc(OC)c(OC)c2)c1. The Labute approximate surface area is 165 Å². The number of carbonyl (C=O) groups is 2. The summed E-state index contributed by atoms with van der Waals surface area (Å²) in [5.74, 6) is 0.741. The number of benzene rings is 2. The minimum atomic E-state index is -0.647. The second-order valence-electron chi connectivity index (χ2n) is 6.05. The van der Waals surface area contributed by atoms with Crippen LogP contribution in [-0.2, 0) is 22.4 Å². The van der Waals surface area contributed by atoms with Gasteiger partial charge >= 0.3 is 11.8 Å². The van der Waals surface area contributed by atoms with Crippen LogP contribution >= 0.6 is 0 Å². The Hall–Kier alpha value is -3.22. The topological polar surface area (TPSA) is 85.9 Å². The molecular formula is C21H26N2O5. The summed E-state index contributed by atoms with van der Waals surface area (Å²) in [6.45, 7) is 0.715. The van der Waals surface area contributed by atoms with Crippen molar-refractivity contribution in [2.45, 2.75) is 12.8 Å². The average molecular weight is 386 g/mol. The number of hydrogen-bond donors (Lipinski definition) is 2. The maximum absolute atomic E-state index is 11.9. The summed E-state index contributed by atoms with van der Waals surface area (Å²) in [6.07, 6.45) is 1.19. The van der Waals surface area contributed by atoms with Gasteiger partial charge in [0, 0.05) is 13.1 Å². The molecule has 2 N–H and O–H groups in total. The largest absolute Gasteiger partial charge is 0.497 e. The summed E-state index contributed by atoms with van der Waals surface area (Å²) in [4.78, 5) is 23.8. The Morgan fingerprint density at radius 2 is 1.36 bits per heavy atom. The van der Waals surface area contributed by atoms with Gasteiger partial charge in [-0.3, -0.25) is 9.59 Å². The van der Waals surface area contributed by atoms with Crippen LogP contribution in [0.25, 0.3) is 0 Å². The van der Waals surface area contributed by atoms with Crippen LogP contribution in [0.4, 0.5) is 0 Å². The molecule has 150 valence electrons. The van der Waals surface area contributed by atoms with Gasteiger partial charge in [0.05, 0.1) is 21.3 Å². The Morgan fingerprint density at radius 3 is 1.93 bits per heavy atom. The first-order valence-electron chi connectivity index (χ1n) is 8.97. The average Bonchev–Trinajstić information content (AvgIpc) is 2.73. The molecule has 7 heteroatoms. The molecule has 0 radical (unpaired) electrons. The fourth-order valence-electron chi connectivity index (χ4n) is 2.67. The first kappa shape index (κ1) is 21.1. The molecule has 0 saturated heterocycles. The minimum absolute atomic E-state index is 0.345. The Kier molecular flexibility index (Phi) is 8.14. The van der Waals surface area contributed by atoms with Crippen LogP contribution in [-0.4, -0.2) is 46.2 Å².